The molecule has 0 fully saturated rings. The summed E-state index contributed by atoms with van der Waals surface area (Å²) in [6.45, 7) is 0. The van der Waals surface area contributed by atoms with E-state index < -0.39 is 23.6 Å². The van der Waals surface area contributed by atoms with Gasteiger partial charge in [0.05, 0.1) is 28.2 Å². The Morgan fingerprint density at radius 1 is 1.19 bits per heavy atom. The molecule has 1 aromatic carbocycles. The van der Waals surface area contributed by atoms with Crippen molar-refractivity contribution in [1.82, 2.24) is 15.0 Å². The van der Waals surface area contributed by atoms with Gasteiger partial charge in [-0.15, -0.1) is 0 Å². The second-order valence-electron chi connectivity index (χ2n) is 8.56. The Bertz CT molecular complexity index is 1580. The zero-order valence-corrected chi connectivity index (χ0v) is 19.1. The molecule has 8 nitrogen and oxygen atoms in total. The first-order valence-electron chi connectivity index (χ1n) is 11.0. The Hall–Kier alpha value is -3.93. The highest BCUT2D eigenvalue weighted by Gasteiger charge is 2.39. The summed E-state index contributed by atoms with van der Waals surface area (Å²) in [5.41, 5.74) is 2.09. The number of ketones is 1. The number of aromatic amines is 2. The molecule has 3 aromatic heterocycles. The number of aromatic nitrogens is 3. The maximum absolute atomic E-state index is 13.0. The maximum Gasteiger partial charge on any atom is 0.416 e. The second kappa shape index (κ2) is 8.05. The van der Waals surface area contributed by atoms with Gasteiger partial charge in [-0.2, -0.15) is 13.2 Å². The van der Waals surface area contributed by atoms with Crippen molar-refractivity contribution < 1.29 is 32.3 Å². The highest BCUT2D eigenvalue weighted by atomic mass is 32.2. The van der Waals surface area contributed by atoms with Crippen LogP contribution in [0.15, 0.2) is 62.5 Å². The van der Waals surface area contributed by atoms with Crippen LogP contribution >= 0.6 is 11.8 Å². The molecule has 1 atom stereocenters. The molecule has 12 heteroatoms. The first kappa shape index (κ1) is 22.5. The number of benzene rings is 1. The van der Waals surface area contributed by atoms with Crippen LogP contribution in [0.1, 0.15) is 52.6 Å². The number of imidazole rings is 1. The number of furan rings is 1. The van der Waals surface area contributed by atoms with Crippen molar-refractivity contribution in [2.75, 3.05) is 5.32 Å². The van der Waals surface area contributed by atoms with Gasteiger partial charge in [0.1, 0.15) is 11.5 Å². The van der Waals surface area contributed by atoms with Crippen LogP contribution < -0.4 is 5.32 Å². The van der Waals surface area contributed by atoms with Gasteiger partial charge in [-0.25, -0.2) is 9.78 Å². The smallest absolute Gasteiger partial charge is 0.416 e. The van der Waals surface area contributed by atoms with Crippen molar-refractivity contribution >= 4 is 40.2 Å². The summed E-state index contributed by atoms with van der Waals surface area (Å²) in [5.74, 6) is -1.29. The topological polar surface area (TPSA) is 124 Å². The Kier molecular flexibility index (Phi) is 5.04. The number of halogens is 3. The number of Topliss-reactive ketones (excluding diaryl/α,β-unsaturated/α-hetero) is 1. The van der Waals surface area contributed by atoms with Gasteiger partial charge < -0.3 is 24.8 Å². The summed E-state index contributed by atoms with van der Waals surface area (Å²) in [4.78, 5) is 34.6. The molecule has 4 N–H and O–H groups in total. The monoisotopic (exact) mass is 514 g/mol. The SMILES string of the molecule is O=C1CCCC2=C1C(c1ccc(Sc3nc4cc(C(F)(F)F)ccc4[nH]3)o1)c1c[nH]c(C(=O)O)c1N2. The van der Waals surface area contributed by atoms with Crippen molar-refractivity contribution in [3.63, 3.8) is 0 Å². The van der Waals surface area contributed by atoms with Crippen LogP contribution in [0, 0.1) is 0 Å². The lowest BCUT2D eigenvalue weighted by atomic mass is 9.78. The number of carboxylic acid groups (broad SMARTS) is 1. The number of allylic oxidation sites excluding steroid dienone is 2. The van der Waals surface area contributed by atoms with Gasteiger partial charge in [0.15, 0.2) is 16.0 Å². The third-order valence-corrected chi connectivity index (χ3v) is 7.14. The number of hydrogen-bond donors (Lipinski definition) is 4. The minimum Gasteiger partial charge on any atom is -0.477 e. The lowest BCUT2D eigenvalue weighted by molar-refractivity contribution is -0.137. The molecule has 0 amide bonds. The number of aromatic carboxylic acids is 1. The quantitative estimate of drug-likeness (QED) is 0.267. The number of nitrogens with one attached hydrogen (secondary N) is 3. The third-order valence-electron chi connectivity index (χ3n) is 6.33. The third kappa shape index (κ3) is 3.68. The van der Waals surface area contributed by atoms with Gasteiger partial charge in [0.2, 0.25) is 0 Å². The van der Waals surface area contributed by atoms with E-state index in [4.69, 9.17) is 4.42 Å². The number of rotatable bonds is 4. The number of fused-ring (bicyclic) bond motifs is 2. The minimum absolute atomic E-state index is 0.00114. The van der Waals surface area contributed by atoms with Crippen LogP contribution in [0.5, 0.6) is 0 Å². The van der Waals surface area contributed by atoms with Gasteiger partial charge in [0.25, 0.3) is 0 Å². The van der Waals surface area contributed by atoms with Gasteiger partial charge in [-0.1, -0.05) is 0 Å². The molecule has 1 aliphatic heterocycles. The van der Waals surface area contributed by atoms with E-state index in [1.54, 1.807) is 18.3 Å². The lowest BCUT2D eigenvalue weighted by Crippen LogP contribution is -2.26. The first-order valence-corrected chi connectivity index (χ1v) is 11.8. The number of carboxylic acids is 1. The predicted octanol–water partition coefficient (Wildman–Crippen LogP) is 5.92. The van der Waals surface area contributed by atoms with Crippen molar-refractivity contribution in [2.45, 2.75) is 41.6 Å². The molecule has 0 saturated heterocycles. The predicted molar refractivity (Wildman–Crippen MR) is 123 cm³/mol. The first-order chi connectivity index (χ1) is 17.2. The fraction of sp³-hybridized carbons (Fsp3) is 0.208. The van der Waals surface area contributed by atoms with E-state index in [9.17, 15) is 27.9 Å². The van der Waals surface area contributed by atoms with E-state index in [1.807, 2.05) is 0 Å². The summed E-state index contributed by atoms with van der Waals surface area (Å²) < 4.78 is 45.1. The molecule has 4 aromatic rings. The molecule has 6 rings (SSSR count). The van der Waals surface area contributed by atoms with E-state index in [0.29, 0.717) is 63.3 Å². The van der Waals surface area contributed by atoms with Crippen LogP contribution in [0.3, 0.4) is 0 Å². The van der Waals surface area contributed by atoms with Crippen LogP contribution in [0.2, 0.25) is 0 Å². The lowest BCUT2D eigenvalue weighted by Gasteiger charge is -2.31. The molecule has 184 valence electrons. The molecule has 0 bridgehead atoms. The number of carbonyl (C=O) groups excluding carboxylic acids is 1. The van der Waals surface area contributed by atoms with Crippen LogP contribution in [0.25, 0.3) is 11.0 Å². The summed E-state index contributed by atoms with van der Waals surface area (Å²) in [7, 11) is 0. The maximum atomic E-state index is 13.0. The van der Waals surface area contributed by atoms with Gasteiger partial charge >= 0.3 is 12.1 Å². The highest BCUT2D eigenvalue weighted by molar-refractivity contribution is 7.99. The van der Waals surface area contributed by atoms with Crippen LogP contribution in [-0.4, -0.2) is 31.8 Å². The molecule has 1 aliphatic carbocycles. The number of hydrogen-bond acceptors (Lipinski definition) is 6. The number of H-pyrrole nitrogens is 2. The molecule has 36 heavy (non-hydrogen) atoms. The molecule has 0 spiro atoms. The Morgan fingerprint density at radius 3 is 2.81 bits per heavy atom. The zero-order valence-electron chi connectivity index (χ0n) is 18.3. The molecule has 0 radical (unpaired) electrons. The molecular weight excluding hydrogens is 497 g/mol. The number of carbonyl (C=O) groups is 2. The fourth-order valence-electron chi connectivity index (χ4n) is 4.75. The molecule has 1 unspecified atom stereocenters. The average molecular weight is 514 g/mol. The van der Waals surface area contributed by atoms with Gasteiger partial charge in [-0.05, 0) is 54.9 Å². The van der Waals surface area contributed by atoms with Crippen LogP contribution in [0.4, 0.5) is 18.9 Å². The minimum atomic E-state index is -4.47. The second-order valence-corrected chi connectivity index (χ2v) is 9.55. The van der Waals surface area contributed by atoms with Crippen molar-refractivity contribution in [3.8, 4) is 0 Å². The largest absolute Gasteiger partial charge is 0.477 e. The summed E-state index contributed by atoms with van der Waals surface area (Å²) in [5, 5.41) is 13.5. The normalized spacial score (nSPS) is 17.8. The van der Waals surface area contributed by atoms with Gasteiger partial charge in [-0.3, -0.25) is 4.79 Å². The average Bonchev–Trinajstić information content (AvgIpc) is 3.54. The Labute approximate surface area is 205 Å². The summed E-state index contributed by atoms with van der Waals surface area (Å²) in [6.07, 6.45) is -1.23. The number of anilines is 1. The fourth-order valence-corrected chi connectivity index (χ4v) is 5.52. The standard InChI is InChI=1S/C24H17F3N4O4S/c25-24(26,27)10-4-5-12-14(8-10)31-23(30-12)36-17-7-6-16(35-17)18-11-9-28-21(22(33)34)20(11)29-13-2-1-3-15(32)19(13)18/h4-9,18,28-29H,1-3H2,(H,30,31)(H,33,34). The summed E-state index contributed by atoms with van der Waals surface area (Å²) in [6, 6.07) is 6.70. The van der Waals surface area contributed by atoms with Crippen molar-refractivity contribution in [2.24, 2.45) is 0 Å². The van der Waals surface area contributed by atoms with E-state index in [2.05, 4.69) is 20.3 Å². The molecular formula is C24H17F3N4O4S. The summed E-state index contributed by atoms with van der Waals surface area (Å²) >= 11 is 1.10. The number of nitrogens with zero attached hydrogens (tertiary/aromatic N) is 1. The molecule has 2 aliphatic rings. The van der Waals surface area contributed by atoms with Gasteiger partial charge in [0, 0.05) is 29.5 Å². The van der Waals surface area contributed by atoms with E-state index in [-0.39, 0.29) is 17.0 Å². The van der Waals surface area contributed by atoms with Crippen molar-refractivity contribution in [3.05, 3.63) is 70.4 Å². The van der Waals surface area contributed by atoms with Crippen LogP contribution in [-0.2, 0) is 11.0 Å². The molecule has 4 heterocycles. The number of alkyl halides is 3. The zero-order chi connectivity index (χ0) is 25.2. The van der Waals surface area contributed by atoms with E-state index in [0.717, 1.165) is 23.9 Å². The Balaban J connectivity index is 1.35. The van der Waals surface area contributed by atoms with Crippen molar-refractivity contribution in [1.29, 1.82) is 0 Å². The van der Waals surface area contributed by atoms with E-state index in [1.165, 1.54) is 6.07 Å². The Morgan fingerprint density at radius 2 is 2.03 bits per heavy atom. The highest BCUT2D eigenvalue weighted by Crippen LogP contribution is 2.47. The molecule has 0 saturated carbocycles. The van der Waals surface area contributed by atoms with E-state index >= 15 is 0 Å².